The van der Waals surface area contributed by atoms with Crippen LogP contribution >= 0.6 is 11.6 Å². The van der Waals surface area contributed by atoms with E-state index >= 15 is 0 Å². The number of allylic oxidation sites excluding steroid dienone is 2. The summed E-state index contributed by atoms with van der Waals surface area (Å²) in [4.78, 5) is 23.3. The largest absolute Gasteiger partial charge is 0.504 e. The van der Waals surface area contributed by atoms with Gasteiger partial charge in [0.15, 0.2) is 11.5 Å². The number of fused-ring (bicyclic) bond motifs is 1. The highest BCUT2D eigenvalue weighted by Crippen LogP contribution is 2.26. The Morgan fingerprint density at radius 2 is 1.80 bits per heavy atom. The first-order valence-corrected chi connectivity index (χ1v) is 4.69. The molecule has 1 aliphatic rings. The summed E-state index contributed by atoms with van der Waals surface area (Å²) in [5.41, 5.74) is 0.519. The first-order chi connectivity index (χ1) is 7.02. The van der Waals surface area contributed by atoms with E-state index < -0.39 is 11.5 Å². The number of Topliss-reactive ketones (excluding diaryl/α,β-unsaturated/α-hetero) is 2. The lowest BCUT2D eigenvalue weighted by Crippen LogP contribution is -2.20. The number of carbonyl (C=O) groups is 2. The highest BCUT2D eigenvalue weighted by Gasteiger charge is 2.29. The Morgan fingerprint density at radius 1 is 1.13 bits per heavy atom. The summed E-state index contributed by atoms with van der Waals surface area (Å²) in [6, 6.07) is 4.40. The minimum atomic E-state index is -0.529. The van der Waals surface area contributed by atoms with Crippen LogP contribution in [0.15, 0.2) is 29.5 Å². The molecular weight excluding hydrogens is 216 g/mol. The molecule has 1 aliphatic carbocycles. The Balaban J connectivity index is 2.73. The second kappa shape index (κ2) is 3.21. The van der Waals surface area contributed by atoms with E-state index in [1.807, 2.05) is 0 Å². The van der Waals surface area contributed by atoms with Crippen molar-refractivity contribution in [3.63, 3.8) is 0 Å². The summed E-state index contributed by atoms with van der Waals surface area (Å²) < 4.78 is 0. The molecule has 1 aromatic carbocycles. The Bertz CT molecular complexity index is 515. The standard InChI is InChI=1S/C11H7ClO3/c1-5-9(13)8-4-6(12)2-3-7(8)11(15)10(5)14/h2-4,14H,1H3. The summed E-state index contributed by atoms with van der Waals surface area (Å²) in [5, 5.41) is 9.80. The molecule has 76 valence electrons. The van der Waals surface area contributed by atoms with Crippen molar-refractivity contribution in [3.05, 3.63) is 45.7 Å². The normalized spacial score (nSPS) is 15.6. The molecule has 0 unspecified atom stereocenters. The van der Waals surface area contributed by atoms with Gasteiger partial charge in [-0.25, -0.2) is 0 Å². The third kappa shape index (κ3) is 1.36. The molecule has 0 amide bonds. The number of aliphatic hydroxyl groups excluding tert-OH is 1. The molecule has 0 bridgehead atoms. The van der Waals surface area contributed by atoms with Gasteiger partial charge >= 0.3 is 0 Å². The van der Waals surface area contributed by atoms with Crippen LogP contribution < -0.4 is 0 Å². The van der Waals surface area contributed by atoms with Crippen LogP contribution in [-0.2, 0) is 0 Å². The van der Waals surface area contributed by atoms with Gasteiger partial charge in [-0.2, -0.15) is 0 Å². The van der Waals surface area contributed by atoms with Gasteiger partial charge in [0.1, 0.15) is 0 Å². The van der Waals surface area contributed by atoms with Gasteiger partial charge in [-0.3, -0.25) is 9.59 Å². The highest BCUT2D eigenvalue weighted by molar-refractivity contribution is 6.32. The molecule has 0 fully saturated rings. The maximum atomic E-state index is 11.7. The van der Waals surface area contributed by atoms with Gasteiger partial charge in [0, 0.05) is 21.7 Å². The minimum absolute atomic E-state index is 0.0646. The first kappa shape index (κ1) is 9.93. The van der Waals surface area contributed by atoms with Gasteiger partial charge in [-0.05, 0) is 25.1 Å². The van der Waals surface area contributed by atoms with E-state index in [0.717, 1.165) is 0 Å². The van der Waals surface area contributed by atoms with Crippen molar-refractivity contribution in [2.75, 3.05) is 0 Å². The molecular formula is C11H7ClO3. The molecule has 2 rings (SSSR count). The van der Waals surface area contributed by atoms with Crippen molar-refractivity contribution in [1.82, 2.24) is 0 Å². The molecule has 0 atom stereocenters. The van der Waals surface area contributed by atoms with Crippen LogP contribution in [0.2, 0.25) is 5.02 Å². The molecule has 4 heteroatoms. The fourth-order valence-electron chi connectivity index (χ4n) is 1.51. The third-order valence-corrected chi connectivity index (χ3v) is 2.62. The molecule has 0 saturated carbocycles. The second-order valence-electron chi connectivity index (χ2n) is 3.32. The summed E-state index contributed by atoms with van der Waals surface area (Å²) in [6.45, 7) is 1.42. The molecule has 0 spiro atoms. The maximum Gasteiger partial charge on any atom is 0.228 e. The molecule has 0 radical (unpaired) electrons. The van der Waals surface area contributed by atoms with E-state index in [2.05, 4.69) is 0 Å². The van der Waals surface area contributed by atoms with Gasteiger partial charge in [-0.1, -0.05) is 11.6 Å². The fourth-order valence-corrected chi connectivity index (χ4v) is 1.68. The molecule has 1 aromatic rings. The fraction of sp³-hybridized carbons (Fsp3) is 0.0909. The van der Waals surface area contributed by atoms with Crippen LogP contribution in [0.25, 0.3) is 0 Å². The number of halogens is 1. The Hall–Kier alpha value is -1.61. The minimum Gasteiger partial charge on any atom is -0.504 e. The van der Waals surface area contributed by atoms with Crippen molar-refractivity contribution < 1.29 is 14.7 Å². The number of hydrogen-bond acceptors (Lipinski definition) is 3. The predicted octanol–water partition coefficient (Wildman–Crippen LogP) is 2.55. The van der Waals surface area contributed by atoms with Crippen LogP contribution in [0.3, 0.4) is 0 Å². The lowest BCUT2D eigenvalue weighted by atomic mass is 9.89. The van der Waals surface area contributed by atoms with E-state index in [9.17, 15) is 14.7 Å². The predicted molar refractivity (Wildman–Crippen MR) is 55.4 cm³/mol. The van der Waals surface area contributed by atoms with Gasteiger partial charge in [0.2, 0.25) is 5.78 Å². The van der Waals surface area contributed by atoms with Crippen LogP contribution in [0.1, 0.15) is 27.6 Å². The quantitative estimate of drug-likeness (QED) is 0.734. The SMILES string of the molecule is CC1=C(O)C(=O)c2ccc(Cl)cc2C1=O. The van der Waals surface area contributed by atoms with Gasteiger partial charge in [0.25, 0.3) is 0 Å². The van der Waals surface area contributed by atoms with Crippen molar-refractivity contribution in [2.45, 2.75) is 6.92 Å². The summed E-state index contributed by atoms with van der Waals surface area (Å²) in [7, 11) is 0. The number of ketones is 2. The van der Waals surface area contributed by atoms with E-state index in [0.29, 0.717) is 5.02 Å². The average Bonchev–Trinajstić information content (AvgIpc) is 2.23. The number of carbonyl (C=O) groups excluding carboxylic acids is 2. The third-order valence-electron chi connectivity index (χ3n) is 2.38. The van der Waals surface area contributed by atoms with Gasteiger partial charge in [-0.15, -0.1) is 0 Å². The zero-order valence-corrected chi connectivity index (χ0v) is 8.63. The van der Waals surface area contributed by atoms with E-state index in [-0.39, 0.29) is 22.5 Å². The topological polar surface area (TPSA) is 54.4 Å². The monoisotopic (exact) mass is 222 g/mol. The number of benzene rings is 1. The van der Waals surface area contributed by atoms with Gasteiger partial charge in [0.05, 0.1) is 0 Å². The van der Waals surface area contributed by atoms with Gasteiger partial charge < -0.3 is 5.11 Å². The first-order valence-electron chi connectivity index (χ1n) is 4.31. The maximum absolute atomic E-state index is 11.7. The molecule has 15 heavy (non-hydrogen) atoms. The molecule has 1 N–H and O–H groups in total. The van der Waals surface area contributed by atoms with Crippen molar-refractivity contribution >= 4 is 23.2 Å². The summed E-state index contributed by atoms with van der Waals surface area (Å²) in [5.74, 6) is -1.36. The number of hydrogen-bond donors (Lipinski definition) is 1. The summed E-state index contributed by atoms with van der Waals surface area (Å²) in [6.07, 6.45) is 0. The van der Waals surface area contributed by atoms with Crippen molar-refractivity contribution in [2.24, 2.45) is 0 Å². The Morgan fingerprint density at radius 3 is 2.47 bits per heavy atom. The average molecular weight is 223 g/mol. The van der Waals surface area contributed by atoms with Crippen molar-refractivity contribution in [1.29, 1.82) is 0 Å². The molecule has 0 aliphatic heterocycles. The van der Waals surface area contributed by atoms with Crippen LogP contribution in [-0.4, -0.2) is 16.7 Å². The zero-order valence-electron chi connectivity index (χ0n) is 7.87. The smallest absolute Gasteiger partial charge is 0.228 e. The van der Waals surface area contributed by atoms with Crippen LogP contribution in [0, 0.1) is 0 Å². The van der Waals surface area contributed by atoms with Crippen LogP contribution in [0.5, 0.6) is 0 Å². The zero-order chi connectivity index (χ0) is 11.2. The van der Waals surface area contributed by atoms with E-state index in [1.165, 1.54) is 25.1 Å². The molecule has 0 saturated heterocycles. The number of aliphatic hydroxyl groups is 1. The van der Waals surface area contributed by atoms with Crippen molar-refractivity contribution in [3.8, 4) is 0 Å². The molecule has 0 aromatic heterocycles. The van der Waals surface area contributed by atoms with Crippen LogP contribution in [0.4, 0.5) is 0 Å². The lowest BCUT2D eigenvalue weighted by Gasteiger charge is -2.14. The van der Waals surface area contributed by atoms with E-state index in [4.69, 9.17) is 11.6 Å². The molecule has 0 heterocycles. The molecule has 3 nitrogen and oxygen atoms in total. The second-order valence-corrected chi connectivity index (χ2v) is 3.76. The Labute approximate surface area is 91.0 Å². The Kier molecular flexibility index (Phi) is 2.12. The lowest BCUT2D eigenvalue weighted by molar-refractivity contribution is 0.0929. The summed E-state index contributed by atoms with van der Waals surface area (Å²) >= 11 is 5.73. The van der Waals surface area contributed by atoms with E-state index in [1.54, 1.807) is 0 Å². The number of rotatable bonds is 0. The highest BCUT2D eigenvalue weighted by atomic mass is 35.5.